The van der Waals surface area contributed by atoms with Gasteiger partial charge in [0.05, 0.1) is 11.7 Å². The lowest BCUT2D eigenvalue weighted by Crippen LogP contribution is -2.39. The first-order chi connectivity index (χ1) is 15.8. The minimum Gasteiger partial charge on any atom is -0.341 e. The molecule has 0 radical (unpaired) electrons. The van der Waals surface area contributed by atoms with Crippen LogP contribution in [0.15, 0.2) is 35.4 Å². The molecule has 8 nitrogen and oxygen atoms in total. The second kappa shape index (κ2) is 9.93. The fourth-order valence-electron chi connectivity index (χ4n) is 3.94. The highest BCUT2D eigenvalue weighted by atomic mass is 35.5. The van der Waals surface area contributed by atoms with E-state index in [2.05, 4.69) is 10.3 Å². The molecule has 33 heavy (non-hydrogen) atoms. The Morgan fingerprint density at radius 2 is 1.91 bits per heavy atom. The number of fused-ring (bicyclic) bond motifs is 1. The summed E-state index contributed by atoms with van der Waals surface area (Å²) in [5, 5.41) is 4.05. The number of nitrogens with zero attached hydrogens (tertiary/aromatic N) is 4. The first-order valence-corrected chi connectivity index (χ1v) is 12.1. The van der Waals surface area contributed by atoms with Crippen LogP contribution in [0.4, 0.5) is 10.5 Å². The second-order valence-corrected chi connectivity index (χ2v) is 9.76. The SMILES string of the molecule is Cc1sc2ncn(CCC(=O)N3CCCN(C(=O)Nc4cccc(Cl)c4)CC3)c(=O)c2c1C. The molecule has 2 aromatic heterocycles. The maximum absolute atomic E-state index is 12.8. The molecule has 1 saturated heterocycles. The number of hydrogen-bond donors (Lipinski definition) is 1. The zero-order valence-corrected chi connectivity index (χ0v) is 20.2. The van der Waals surface area contributed by atoms with Gasteiger partial charge >= 0.3 is 6.03 Å². The third kappa shape index (κ3) is 5.20. The Kier molecular flexibility index (Phi) is 6.99. The first kappa shape index (κ1) is 23.3. The summed E-state index contributed by atoms with van der Waals surface area (Å²) in [5.41, 5.74) is 1.49. The van der Waals surface area contributed by atoms with Gasteiger partial charge in [-0.15, -0.1) is 11.3 Å². The average molecular weight is 488 g/mol. The van der Waals surface area contributed by atoms with Gasteiger partial charge in [0.15, 0.2) is 0 Å². The van der Waals surface area contributed by atoms with Crippen molar-refractivity contribution in [3.05, 3.63) is 56.4 Å². The quantitative estimate of drug-likeness (QED) is 0.604. The summed E-state index contributed by atoms with van der Waals surface area (Å²) in [7, 11) is 0. The maximum Gasteiger partial charge on any atom is 0.321 e. The van der Waals surface area contributed by atoms with Crippen LogP contribution in [0.5, 0.6) is 0 Å². The number of hydrogen-bond acceptors (Lipinski definition) is 5. The summed E-state index contributed by atoms with van der Waals surface area (Å²) in [5.74, 6) is -0.0303. The lowest BCUT2D eigenvalue weighted by Gasteiger charge is -2.22. The molecular formula is C23H26ClN5O3S. The Bertz CT molecular complexity index is 1250. The third-order valence-corrected chi connectivity index (χ3v) is 7.28. The van der Waals surface area contributed by atoms with Crippen molar-refractivity contribution in [1.82, 2.24) is 19.4 Å². The number of carbonyl (C=O) groups is 2. The summed E-state index contributed by atoms with van der Waals surface area (Å²) in [4.78, 5) is 48.0. The molecular weight excluding hydrogens is 462 g/mol. The smallest absolute Gasteiger partial charge is 0.321 e. The first-order valence-electron chi connectivity index (χ1n) is 10.9. The van der Waals surface area contributed by atoms with Gasteiger partial charge in [-0.05, 0) is 44.0 Å². The number of rotatable bonds is 4. The Morgan fingerprint density at radius 3 is 2.70 bits per heavy atom. The number of aromatic nitrogens is 2. The van der Waals surface area contributed by atoms with Crippen LogP contribution in [0.1, 0.15) is 23.3 Å². The molecule has 1 aliphatic heterocycles. The van der Waals surface area contributed by atoms with Gasteiger partial charge in [-0.3, -0.25) is 14.2 Å². The lowest BCUT2D eigenvalue weighted by molar-refractivity contribution is -0.131. The van der Waals surface area contributed by atoms with Crippen molar-refractivity contribution in [2.45, 2.75) is 33.2 Å². The average Bonchev–Trinajstić information content (AvgIpc) is 2.94. The van der Waals surface area contributed by atoms with E-state index in [-0.39, 0.29) is 30.5 Å². The molecule has 0 aliphatic carbocycles. The molecule has 0 atom stereocenters. The van der Waals surface area contributed by atoms with Gasteiger partial charge in [-0.25, -0.2) is 9.78 Å². The monoisotopic (exact) mass is 487 g/mol. The summed E-state index contributed by atoms with van der Waals surface area (Å²) in [6, 6.07) is 6.79. The van der Waals surface area contributed by atoms with Crippen LogP contribution >= 0.6 is 22.9 Å². The van der Waals surface area contributed by atoms with E-state index in [1.165, 1.54) is 22.2 Å². The van der Waals surface area contributed by atoms with Crippen LogP contribution in [0, 0.1) is 13.8 Å². The van der Waals surface area contributed by atoms with Gasteiger partial charge in [0.2, 0.25) is 5.91 Å². The number of anilines is 1. The van der Waals surface area contributed by atoms with E-state index in [0.29, 0.717) is 48.7 Å². The van der Waals surface area contributed by atoms with Crippen molar-refractivity contribution < 1.29 is 9.59 Å². The van der Waals surface area contributed by atoms with Crippen LogP contribution in [0.25, 0.3) is 10.2 Å². The van der Waals surface area contributed by atoms with Crippen LogP contribution in [0.2, 0.25) is 5.02 Å². The van der Waals surface area contributed by atoms with Crippen LogP contribution in [0.3, 0.4) is 0 Å². The Morgan fingerprint density at radius 1 is 1.15 bits per heavy atom. The lowest BCUT2D eigenvalue weighted by atomic mass is 10.2. The molecule has 1 fully saturated rings. The van der Waals surface area contributed by atoms with E-state index >= 15 is 0 Å². The van der Waals surface area contributed by atoms with Crippen molar-refractivity contribution in [2.75, 3.05) is 31.5 Å². The summed E-state index contributed by atoms with van der Waals surface area (Å²) in [6.07, 6.45) is 2.43. The highest BCUT2D eigenvalue weighted by molar-refractivity contribution is 7.18. The predicted molar refractivity (Wildman–Crippen MR) is 131 cm³/mol. The molecule has 1 N–H and O–H groups in total. The molecule has 0 saturated carbocycles. The van der Waals surface area contributed by atoms with Crippen molar-refractivity contribution in [3.8, 4) is 0 Å². The fraction of sp³-hybridized carbons (Fsp3) is 0.391. The van der Waals surface area contributed by atoms with Gasteiger partial charge in [-0.2, -0.15) is 0 Å². The number of thiophene rings is 1. The van der Waals surface area contributed by atoms with Crippen molar-refractivity contribution in [2.24, 2.45) is 0 Å². The summed E-state index contributed by atoms with van der Waals surface area (Å²) < 4.78 is 1.52. The van der Waals surface area contributed by atoms with E-state index in [1.54, 1.807) is 34.1 Å². The van der Waals surface area contributed by atoms with E-state index in [4.69, 9.17) is 11.6 Å². The minimum absolute atomic E-state index is 0.0303. The highest BCUT2D eigenvalue weighted by Gasteiger charge is 2.22. The Labute approximate surface area is 200 Å². The number of nitrogens with one attached hydrogen (secondary N) is 1. The van der Waals surface area contributed by atoms with Gasteiger partial charge in [-0.1, -0.05) is 17.7 Å². The number of benzene rings is 1. The predicted octanol–water partition coefficient (Wildman–Crippen LogP) is 3.88. The van der Waals surface area contributed by atoms with Crippen molar-refractivity contribution >= 4 is 50.8 Å². The van der Waals surface area contributed by atoms with Crippen LogP contribution in [-0.2, 0) is 11.3 Å². The van der Waals surface area contributed by atoms with Crippen molar-refractivity contribution in [3.63, 3.8) is 0 Å². The molecule has 174 valence electrons. The molecule has 3 heterocycles. The molecule has 0 bridgehead atoms. The minimum atomic E-state index is -0.209. The van der Waals surface area contributed by atoms with Gasteiger partial charge in [0.1, 0.15) is 4.83 Å². The zero-order valence-electron chi connectivity index (χ0n) is 18.6. The third-order valence-electron chi connectivity index (χ3n) is 5.93. The Hall–Kier alpha value is -2.91. The largest absolute Gasteiger partial charge is 0.341 e. The van der Waals surface area contributed by atoms with E-state index in [0.717, 1.165) is 15.3 Å². The van der Waals surface area contributed by atoms with E-state index in [9.17, 15) is 14.4 Å². The maximum atomic E-state index is 12.8. The molecule has 1 aliphatic rings. The molecule has 3 amide bonds. The van der Waals surface area contributed by atoms with Gasteiger partial charge < -0.3 is 15.1 Å². The van der Waals surface area contributed by atoms with Crippen molar-refractivity contribution in [1.29, 1.82) is 0 Å². The molecule has 0 spiro atoms. The Balaban J connectivity index is 1.34. The summed E-state index contributed by atoms with van der Waals surface area (Å²) in [6.45, 7) is 6.23. The second-order valence-electron chi connectivity index (χ2n) is 8.12. The number of carbonyl (C=O) groups excluding carboxylic acids is 2. The molecule has 3 aromatic rings. The van der Waals surface area contributed by atoms with Gasteiger partial charge in [0, 0.05) is 54.7 Å². The molecule has 4 rings (SSSR count). The fourth-order valence-corrected chi connectivity index (χ4v) is 5.12. The van der Waals surface area contributed by atoms with Gasteiger partial charge in [0.25, 0.3) is 5.56 Å². The normalized spacial score (nSPS) is 14.4. The molecule has 0 unspecified atom stereocenters. The number of aryl methyl sites for hydroxylation is 3. The molecule has 1 aromatic carbocycles. The standard InChI is InChI=1S/C23H26ClN5O3S/c1-15-16(2)33-21-20(15)22(31)29(14-25-21)10-7-19(30)27-8-4-9-28(12-11-27)23(32)26-18-6-3-5-17(24)13-18/h3,5-6,13-14H,4,7-12H2,1-2H3,(H,26,32). The summed E-state index contributed by atoms with van der Waals surface area (Å²) >= 11 is 7.49. The zero-order chi connectivity index (χ0) is 23.5. The number of amides is 3. The highest BCUT2D eigenvalue weighted by Crippen LogP contribution is 2.25. The topological polar surface area (TPSA) is 87.5 Å². The van der Waals surface area contributed by atoms with E-state index < -0.39 is 0 Å². The van der Waals surface area contributed by atoms with Crippen LogP contribution < -0.4 is 10.9 Å². The number of halogens is 1. The van der Waals surface area contributed by atoms with Crippen LogP contribution in [-0.4, -0.2) is 57.5 Å². The number of urea groups is 1. The molecule has 10 heteroatoms. The van der Waals surface area contributed by atoms with E-state index in [1.807, 2.05) is 13.8 Å².